The van der Waals surface area contributed by atoms with Crippen molar-refractivity contribution in [1.29, 1.82) is 0 Å². The number of hydrogen-bond donors (Lipinski definition) is 0. The Bertz CT molecular complexity index is 1260. The molecule has 4 aromatic carbocycles. The van der Waals surface area contributed by atoms with Crippen LogP contribution in [0.1, 0.15) is 55.9 Å². The van der Waals surface area contributed by atoms with E-state index < -0.39 is 11.0 Å². The number of amides is 1. The third-order valence-electron chi connectivity index (χ3n) is 8.54. The number of nitrogens with zero attached hydrogens (tertiary/aromatic N) is 2. The zero-order valence-corrected chi connectivity index (χ0v) is 23.7. The zero-order valence-electron chi connectivity index (χ0n) is 23.7. The minimum Gasteiger partial charge on any atom is -0.335 e. The number of rotatable bonds is 6. The molecule has 4 aromatic rings. The molecular formula is C36H40N2O. The Morgan fingerprint density at radius 1 is 0.641 bits per heavy atom. The number of benzene rings is 4. The highest BCUT2D eigenvalue weighted by Crippen LogP contribution is 2.48. The van der Waals surface area contributed by atoms with Crippen molar-refractivity contribution in [3.8, 4) is 0 Å². The van der Waals surface area contributed by atoms with Gasteiger partial charge >= 0.3 is 0 Å². The van der Waals surface area contributed by atoms with Gasteiger partial charge in [-0.1, -0.05) is 142 Å². The monoisotopic (exact) mass is 516 g/mol. The van der Waals surface area contributed by atoms with E-state index in [0.29, 0.717) is 0 Å². The third kappa shape index (κ3) is 4.81. The van der Waals surface area contributed by atoms with Crippen LogP contribution in [0.2, 0.25) is 0 Å². The van der Waals surface area contributed by atoms with Gasteiger partial charge in [-0.25, -0.2) is 0 Å². The first-order valence-corrected chi connectivity index (χ1v) is 14.1. The summed E-state index contributed by atoms with van der Waals surface area (Å²) < 4.78 is 0. The van der Waals surface area contributed by atoms with Gasteiger partial charge in [-0.3, -0.25) is 9.69 Å². The predicted molar refractivity (Wildman–Crippen MR) is 160 cm³/mol. The molecule has 0 N–H and O–H groups in total. The van der Waals surface area contributed by atoms with Crippen molar-refractivity contribution in [3.05, 3.63) is 144 Å². The molecule has 3 heteroatoms. The fourth-order valence-corrected chi connectivity index (χ4v) is 6.56. The number of hydrogen-bond acceptors (Lipinski definition) is 2. The minimum atomic E-state index is -0.449. The van der Waals surface area contributed by atoms with Crippen LogP contribution in [0.15, 0.2) is 121 Å². The van der Waals surface area contributed by atoms with Gasteiger partial charge in [0.05, 0.1) is 11.1 Å². The Labute approximate surface area is 234 Å². The first-order chi connectivity index (χ1) is 18.8. The summed E-state index contributed by atoms with van der Waals surface area (Å²) in [4.78, 5) is 18.4. The Balaban J connectivity index is 1.64. The molecule has 1 aliphatic rings. The Kier molecular flexibility index (Phi) is 7.46. The first-order valence-electron chi connectivity index (χ1n) is 14.1. The van der Waals surface area contributed by atoms with E-state index in [-0.39, 0.29) is 11.4 Å². The average molecular weight is 517 g/mol. The van der Waals surface area contributed by atoms with Crippen LogP contribution in [0.4, 0.5) is 0 Å². The van der Waals surface area contributed by atoms with E-state index in [2.05, 4.69) is 131 Å². The highest BCUT2D eigenvalue weighted by Gasteiger charge is 2.49. The summed E-state index contributed by atoms with van der Waals surface area (Å²) in [5, 5.41) is 0. The van der Waals surface area contributed by atoms with Crippen LogP contribution in [0, 0.1) is 5.41 Å². The second-order valence-corrected chi connectivity index (χ2v) is 11.8. The minimum absolute atomic E-state index is 0.181. The van der Waals surface area contributed by atoms with Crippen molar-refractivity contribution in [1.82, 2.24) is 9.80 Å². The van der Waals surface area contributed by atoms with Crippen LogP contribution in [-0.4, -0.2) is 35.8 Å². The SMILES string of the molecule is CN(C(=O)C(C)(C)C)C1(c2ccccc2)CCN(C(c2ccccc2)(c2ccccc2)c2ccccc2)CC1. The molecule has 1 aliphatic heterocycles. The molecule has 0 atom stereocenters. The summed E-state index contributed by atoms with van der Waals surface area (Å²) in [6.07, 6.45) is 1.70. The summed E-state index contributed by atoms with van der Waals surface area (Å²) in [5.74, 6) is 0.181. The van der Waals surface area contributed by atoms with Gasteiger partial charge in [0.2, 0.25) is 5.91 Å². The van der Waals surface area contributed by atoms with Crippen molar-refractivity contribution in [2.45, 2.75) is 44.7 Å². The van der Waals surface area contributed by atoms with Gasteiger partial charge in [0, 0.05) is 25.6 Å². The molecule has 0 unspecified atom stereocenters. The Morgan fingerprint density at radius 2 is 1.00 bits per heavy atom. The van der Waals surface area contributed by atoms with E-state index in [0.717, 1.165) is 25.9 Å². The number of likely N-dealkylation sites (tertiary alicyclic amines) is 1. The predicted octanol–water partition coefficient (Wildman–Crippen LogP) is 7.47. The first kappa shape index (κ1) is 26.9. The highest BCUT2D eigenvalue weighted by atomic mass is 16.2. The average Bonchev–Trinajstić information content (AvgIpc) is 2.99. The third-order valence-corrected chi connectivity index (χ3v) is 8.54. The van der Waals surface area contributed by atoms with E-state index >= 15 is 0 Å². The smallest absolute Gasteiger partial charge is 0.228 e. The molecule has 3 nitrogen and oxygen atoms in total. The van der Waals surface area contributed by atoms with Gasteiger partial charge in [-0.05, 0) is 35.1 Å². The summed E-state index contributed by atoms with van der Waals surface area (Å²) in [7, 11) is 2.01. The summed E-state index contributed by atoms with van der Waals surface area (Å²) >= 11 is 0. The van der Waals surface area contributed by atoms with Crippen LogP contribution >= 0.6 is 0 Å². The van der Waals surface area contributed by atoms with Gasteiger partial charge in [-0.2, -0.15) is 0 Å². The van der Waals surface area contributed by atoms with E-state index in [1.165, 1.54) is 22.3 Å². The largest absolute Gasteiger partial charge is 0.335 e. The molecule has 0 saturated carbocycles. The van der Waals surface area contributed by atoms with Crippen molar-refractivity contribution < 1.29 is 4.79 Å². The number of piperidine rings is 1. The molecule has 0 bridgehead atoms. The van der Waals surface area contributed by atoms with E-state index in [4.69, 9.17) is 0 Å². The van der Waals surface area contributed by atoms with Crippen molar-refractivity contribution in [2.75, 3.05) is 20.1 Å². The van der Waals surface area contributed by atoms with Crippen LogP contribution in [-0.2, 0) is 15.9 Å². The Hall–Kier alpha value is -3.69. The molecule has 39 heavy (non-hydrogen) atoms. The maximum atomic E-state index is 13.7. The molecule has 1 amide bonds. The maximum Gasteiger partial charge on any atom is 0.228 e. The van der Waals surface area contributed by atoms with Crippen molar-refractivity contribution in [2.24, 2.45) is 5.41 Å². The summed E-state index contributed by atoms with van der Waals surface area (Å²) in [6, 6.07) is 43.3. The molecule has 1 fully saturated rings. The second-order valence-electron chi connectivity index (χ2n) is 11.8. The van der Waals surface area contributed by atoms with Crippen LogP contribution in [0.5, 0.6) is 0 Å². The van der Waals surface area contributed by atoms with Crippen LogP contribution in [0.3, 0.4) is 0 Å². The van der Waals surface area contributed by atoms with Crippen molar-refractivity contribution >= 4 is 5.91 Å². The summed E-state index contributed by atoms with van der Waals surface area (Å²) in [6.45, 7) is 7.74. The van der Waals surface area contributed by atoms with Gasteiger partial charge in [0.25, 0.3) is 0 Å². The van der Waals surface area contributed by atoms with E-state index in [9.17, 15) is 4.79 Å². The fourth-order valence-electron chi connectivity index (χ4n) is 6.56. The molecule has 1 heterocycles. The number of carbonyl (C=O) groups excluding carboxylic acids is 1. The van der Waals surface area contributed by atoms with E-state index in [1.807, 2.05) is 27.8 Å². The number of carbonyl (C=O) groups is 1. The van der Waals surface area contributed by atoms with Gasteiger partial charge < -0.3 is 4.90 Å². The molecule has 1 saturated heterocycles. The Morgan fingerprint density at radius 3 is 1.36 bits per heavy atom. The molecule has 200 valence electrons. The fraction of sp³-hybridized carbons (Fsp3) is 0.306. The van der Waals surface area contributed by atoms with Gasteiger partial charge in [0.1, 0.15) is 0 Å². The zero-order chi connectivity index (χ0) is 27.5. The van der Waals surface area contributed by atoms with Crippen LogP contribution < -0.4 is 0 Å². The standard InChI is InChI=1S/C36H40N2O/c1-34(2,3)33(39)37(4)35(29-17-9-5-10-18-29)25-27-38(28-26-35)36(30-19-11-6-12-20-30,31-21-13-7-14-22-31)32-23-15-8-16-24-32/h5-24H,25-28H2,1-4H3. The lowest BCUT2D eigenvalue weighted by Crippen LogP contribution is -2.59. The lowest BCUT2D eigenvalue weighted by Gasteiger charge is -2.54. The van der Waals surface area contributed by atoms with Crippen molar-refractivity contribution in [3.63, 3.8) is 0 Å². The normalized spacial score (nSPS) is 16.0. The molecule has 5 rings (SSSR count). The molecule has 0 spiro atoms. The van der Waals surface area contributed by atoms with E-state index in [1.54, 1.807) is 0 Å². The topological polar surface area (TPSA) is 23.6 Å². The van der Waals surface area contributed by atoms with Gasteiger partial charge in [0.15, 0.2) is 0 Å². The summed E-state index contributed by atoms with van der Waals surface area (Å²) in [5.41, 5.74) is 3.73. The molecule has 0 radical (unpaired) electrons. The van der Waals surface area contributed by atoms with Crippen LogP contribution in [0.25, 0.3) is 0 Å². The highest BCUT2D eigenvalue weighted by molar-refractivity contribution is 5.82. The second kappa shape index (κ2) is 10.8. The lowest BCUT2D eigenvalue weighted by atomic mass is 9.72. The van der Waals surface area contributed by atoms with Gasteiger partial charge in [-0.15, -0.1) is 0 Å². The molecular weight excluding hydrogens is 476 g/mol. The maximum absolute atomic E-state index is 13.7. The lowest BCUT2D eigenvalue weighted by molar-refractivity contribution is -0.147. The molecule has 0 aromatic heterocycles. The molecule has 0 aliphatic carbocycles. The quantitative estimate of drug-likeness (QED) is 0.248.